The number of esters is 1. The van der Waals surface area contributed by atoms with E-state index in [1.165, 1.54) is 23.7 Å². The van der Waals surface area contributed by atoms with E-state index in [2.05, 4.69) is 19.9 Å². The van der Waals surface area contributed by atoms with E-state index in [1.54, 1.807) is 18.4 Å². The van der Waals surface area contributed by atoms with Gasteiger partial charge in [0.15, 0.2) is 5.69 Å². The number of rotatable bonds is 4. The summed E-state index contributed by atoms with van der Waals surface area (Å²) in [6, 6.07) is 4.89. The summed E-state index contributed by atoms with van der Waals surface area (Å²) in [7, 11) is 0. The number of ether oxygens (including phenoxy) is 1. The summed E-state index contributed by atoms with van der Waals surface area (Å²) >= 11 is 1.44. The number of para-hydroxylation sites is 1. The van der Waals surface area contributed by atoms with Crippen molar-refractivity contribution in [3.05, 3.63) is 46.4 Å². The Bertz CT molecular complexity index is 961. The predicted molar refractivity (Wildman–Crippen MR) is 96.9 cm³/mol. The van der Waals surface area contributed by atoms with Crippen LogP contribution in [0.25, 0.3) is 10.9 Å². The number of halogens is 1. The van der Waals surface area contributed by atoms with Gasteiger partial charge in [0.2, 0.25) is 0 Å². The molecule has 6 nitrogen and oxygen atoms in total. The average Bonchev–Trinajstić information content (AvgIpc) is 3.31. The molecule has 1 atom stereocenters. The molecule has 0 amide bonds. The molecule has 1 aliphatic rings. The van der Waals surface area contributed by atoms with E-state index in [9.17, 15) is 9.18 Å². The SMILES string of the molecule is CCOC(=O)c1csc(C2CCCN2c2ncnc3c(F)cccc23)n1. The number of carbonyl (C=O) groups is 1. The number of carbonyl (C=O) groups excluding carboxylic acids is 1. The summed E-state index contributed by atoms with van der Waals surface area (Å²) in [6.45, 7) is 2.88. The van der Waals surface area contributed by atoms with Crippen LogP contribution in [0.2, 0.25) is 0 Å². The quantitative estimate of drug-likeness (QED) is 0.650. The molecule has 2 aromatic heterocycles. The molecule has 0 radical (unpaired) electrons. The van der Waals surface area contributed by atoms with Crippen molar-refractivity contribution in [1.82, 2.24) is 15.0 Å². The summed E-state index contributed by atoms with van der Waals surface area (Å²) < 4.78 is 19.1. The molecule has 134 valence electrons. The Labute approximate surface area is 153 Å². The lowest BCUT2D eigenvalue weighted by Crippen LogP contribution is -2.24. The van der Waals surface area contributed by atoms with Crippen molar-refractivity contribution >= 4 is 34.0 Å². The minimum absolute atomic E-state index is 0.00421. The third-order valence-electron chi connectivity index (χ3n) is 4.41. The van der Waals surface area contributed by atoms with Crippen LogP contribution in [0.4, 0.5) is 10.2 Å². The molecule has 4 rings (SSSR count). The van der Waals surface area contributed by atoms with Crippen molar-refractivity contribution in [2.24, 2.45) is 0 Å². The maximum absolute atomic E-state index is 14.1. The third kappa shape index (κ3) is 2.90. The number of thiazole rings is 1. The van der Waals surface area contributed by atoms with Gasteiger partial charge in [-0.05, 0) is 31.9 Å². The molecule has 3 aromatic rings. The summed E-state index contributed by atoms with van der Waals surface area (Å²) in [5, 5.41) is 3.25. The second-order valence-corrected chi connectivity index (χ2v) is 6.87. The Morgan fingerprint density at radius 3 is 3.15 bits per heavy atom. The van der Waals surface area contributed by atoms with Gasteiger partial charge in [-0.15, -0.1) is 11.3 Å². The van der Waals surface area contributed by atoms with E-state index in [1.807, 2.05) is 6.07 Å². The Balaban J connectivity index is 1.70. The van der Waals surface area contributed by atoms with Gasteiger partial charge in [0.25, 0.3) is 0 Å². The summed E-state index contributed by atoms with van der Waals surface area (Å²) in [4.78, 5) is 27.0. The lowest BCUT2D eigenvalue weighted by Gasteiger charge is -2.25. The van der Waals surface area contributed by atoms with Gasteiger partial charge in [0, 0.05) is 17.3 Å². The lowest BCUT2D eigenvalue weighted by atomic mass is 10.2. The fourth-order valence-electron chi connectivity index (χ4n) is 3.28. The molecule has 1 unspecified atom stereocenters. The minimum atomic E-state index is -0.408. The van der Waals surface area contributed by atoms with E-state index >= 15 is 0 Å². The van der Waals surface area contributed by atoms with Crippen LogP contribution < -0.4 is 4.90 Å². The van der Waals surface area contributed by atoms with Gasteiger partial charge in [-0.25, -0.2) is 24.1 Å². The van der Waals surface area contributed by atoms with Crippen LogP contribution in [0.1, 0.15) is 41.3 Å². The van der Waals surface area contributed by atoms with Crippen LogP contribution >= 0.6 is 11.3 Å². The van der Waals surface area contributed by atoms with Crippen molar-refractivity contribution < 1.29 is 13.9 Å². The maximum atomic E-state index is 14.1. The molecule has 1 fully saturated rings. The van der Waals surface area contributed by atoms with E-state index in [0.29, 0.717) is 29.0 Å². The fraction of sp³-hybridized carbons (Fsp3) is 0.333. The zero-order valence-corrected chi connectivity index (χ0v) is 15.0. The number of fused-ring (bicyclic) bond motifs is 1. The van der Waals surface area contributed by atoms with E-state index in [-0.39, 0.29) is 11.9 Å². The predicted octanol–water partition coefficient (Wildman–Crippen LogP) is 3.74. The molecule has 8 heteroatoms. The minimum Gasteiger partial charge on any atom is -0.461 e. The zero-order chi connectivity index (χ0) is 18.1. The molecular weight excluding hydrogens is 355 g/mol. The summed E-state index contributed by atoms with van der Waals surface area (Å²) in [5.41, 5.74) is 0.645. The largest absolute Gasteiger partial charge is 0.461 e. The number of hydrogen-bond donors (Lipinski definition) is 0. The van der Waals surface area contributed by atoms with E-state index in [0.717, 1.165) is 24.4 Å². The topological polar surface area (TPSA) is 68.2 Å². The first-order valence-corrected chi connectivity index (χ1v) is 9.35. The van der Waals surface area contributed by atoms with Gasteiger partial charge >= 0.3 is 5.97 Å². The highest BCUT2D eigenvalue weighted by Gasteiger charge is 2.31. The van der Waals surface area contributed by atoms with Gasteiger partial charge in [0.05, 0.1) is 12.6 Å². The molecule has 0 spiro atoms. The molecule has 26 heavy (non-hydrogen) atoms. The highest BCUT2D eigenvalue weighted by Crippen LogP contribution is 2.39. The highest BCUT2D eigenvalue weighted by atomic mass is 32.1. The van der Waals surface area contributed by atoms with Crippen molar-refractivity contribution in [3.63, 3.8) is 0 Å². The van der Waals surface area contributed by atoms with Crippen molar-refractivity contribution in [2.45, 2.75) is 25.8 Å². The van der Waals surface area contributed by atoms with Crippen molar-refractivity contribution in [3.8, 4) is 0 Å². The van der Waals surface area contributed by atoms with Gasteiger partial charge in [-0.3, -0.25) is 0 Å². The molecule has 0 bridgehead atoms. The van der Waals surface area contributed by atoms with Crippen molar-refractivity contribution in [2.75, 3.05) is 18.1 Å². The standard InChI is InChI=1S/C18H17FN4O2S/c1-2-25-18(24)13-9-26-17(22-13)14-7-4-8-23(14)16-11-5-3-6-12(19)15(11)20-10-21-16/h3,5-6,9-10,14H,2,4,7-8H2,1H3. The Kier molecular flexibility index (Phi) is 4.50. The van der Waals surface area contributed by atoms with Crippen LogP contribution in [0, 0.1) is 5.82 Å². The number of nitrogens with zero attached hydrogens (tertiary/aromatic N) is 4. The molecular formula is C18H17FN4O2S. The molecule has 0 N–H and O–H groups in total. The van der Waals surface area contributed by atoms with E-state index < -0.39 is 5.97 Å². The molecule has 3 heterocycles. The molecule has 0 aliphatic carbocycles. The van der Waals surface area contributed by atoms with Gasteiger partial charge in [-0.1, -0.05) is 6.07 Å². The third-order valence-corrected chi connectivity index (χ3v) is 5.36. The smallest absolute Gasteiger partial charge is 0.357 e. The molecule has 1 aliphatic heterocycles. The first-order chi connectivity index (χ1) is 12.7. The first kappa shape index (κ1) is 16.8. The van der Waals surface area contributed by atoms with Gasteiger partial charge in [0.1, 0.15) is 28.5 Å². The lowest BCUT2D eigenvalue weighted by molar-refractivity contribution is 0.0520. The number of benzene rings is 1. The summed E-state index contributed by atoms with van der Waals surface area (Å²) in [6.07, 6.45) is 3.26. The van der Waals surface area contributed by atoms with Crippen LogP contribution in [-0.4, -0.2) is 34.1 Å². The Hall–Kier alpha value is -2.61. The maximum Gasteiger partial charge on any atom is 0.357 e. The average molecular weight is 372 g/mol. The van der Waals surface area contributed by atoms with Gasteiger partial charge in [-0.2, -0.15) is 0 Å². The second-order valence-electron chi connectivity index (χ2n) is 5.98. The number of aromatic nitrogens is 3. The Morgan fingerprint density at radius 2 is 2.31 bits per heavy atom. The first-order valence-electron chi connectivity index (χ1n) is 8.47. The zero-order valence-electron chi connectivity index (χ0n) is 14.2. The van der Waals surface area contributed by atoms with Crippen LogP contribution in [0.15, 0.2) is 29.9 Å². The number of hydrogen-bond acceptors (Lipinski definition) is 7. The van der Waals surface area contributed by atoms with Crippen LogP contribution in [0.3, 0.4) is 0 Å². The second kappa shape index (κ2) is 6.95. The molecule has 1 saturated heterocycles. The normalized spacial score (nSPS) is 17.0. The monoisotopic (exact) mass is 372 g/mol. The Morgan fingerprint density at radius 1 is 1.42 bits per heavy atom. The molecule has 1 aromatic carbocycles. The van der Waals surface area contributed by atoms with Crippen LogP contribution in [0.5, 0.6) is 0 Å². The molecule has 0 saturated carbocycles. The van der Waals surface area contributed by atoms with Crippen LogP contribution in [-0.2, 0) is 4.74 Å². The van der Waals surface area contributed by atoms with Gasteiger partial charge < -0.3 is 9.64 Å². The number of anilines is 1. The highest BCUT2D eigenvalue weighted by molar-refractivity contribution is 7.10. The fourth-order valence-corrected chi connectivity index (χ4v) is 4.22. The summed E-state index contributed by atoms with van der Waals surface area (Å²) in [5.74, 6) is -0.0697. The van der Waals surface area contributed by atoms with Crippen molar-refractivity contribution in [1.29, 1.82) is 0 Å². The van der Waals surface area contributed by atoms with E-state index in [4.69, 9.17) is 4.74 Å².